The van der Waals surface area contributed by atoms with E-state index in [1.54, 1.807) is 5.51 Å². The maximum Gasteiger partial charge on any atom is 0.207 e. The van der Waals surface area contributed by atoms with Crippen LogP contribution in [0.15, 0.2) is 22.5 Å². The maximum absolute atomic E-state index is 11.9. The van der Waals surface area contributed by atoms with Gasteiger partial charge in [-0.3, -0.25) is 4.79 Å². The van der Waals surface area contributed by atoms with E-state index in [-0.39, 0.29) is 5.78 Å². The molecule has 1 aliphatic rings. The number of carbonyl (C=O) groups is 1. The number of hydrogen-bond donors (Lipinski definition) is 0. The van der Waals surface area contributed by atoms with Crippen molar-refractivity contribution in [3.05, 3.63) is 28.2 Å². The van der Waals surface area contributed by atoms with Crippen LogP contribution in [0.4, 0.5) is 0 Å². The summed E-state index contributed by atoms with van der Waals surface area (Å²) in [6, 6.07) is 0. The molecular weight excluding hydrogens is 194 g/mol. The Hall–Kier alpha value is -0.960. The second-order valence-corrected chi connectivity index (χ2v) is 4.25. The second-order valence-electron chi connectivity index (χ2n) is 3.53. The maximum atomic E-state index is 11.9. The first-order valence-corrected chi connectivity index (χ1v) is 5.94. The van der Waals surface area contributed by atoms with Gasteiger partial charge in [-0.25, -0.2) is 4.98 Å². The highest BCUT2D eigenvalue weighted by Crippen LogP contribution is 2.20. The predicted molar refractivity (Wildman–Crippen MR) is 57.6 cm³/mol. The number of carbonyl (C=O) groups excluding carboxylic acids is 1. The van der Waals surface area contributed by atoms with Gasteiger partial charge in [0.15, 0.2) is 0 Å². The molecule has 0 atom stereocenters. The molecule has 2 nitrogen and oxygen atoms in total. The SMILES string of the molecule is O=C(C1=CCCCCC1)c1cscn1. The van der Waals surface area contributed by atoms with Crippen molar-refractivity contribution >= 4 is 17.1 Å². The monoisotopic (exact) mass is 207 g/mol. The Labute approximate surface area is 87.7 Å². The molecule has 0 aromatic carbocycles. The Morgan fingerprint density at radius 2 is 2.29 bits per heavy atom. The van der Waals surface area contributed by atoms with E-state index in [9.17, 15) is 4.79 Å². The van der Waals surface area contributed by atoms with E-state index in [0.29, 0.717) is 5.69 Å². The highest BCUT2D eigenvalue weighted by Gasteiger charge is 2.14. The smallest absolute Gasteiger partial charge is 0.207 e. The van der Waals surface area contributed by atoms with Crippen LogP contribution in [0.3, 0.4) is 0 Å². The van der Waals surface area contributed by atoms with Crippen LogP contribution in [0.25, 0.3) is 0 Å². The third-order valence-electron chi connectivity index (χ3n) is 2.50. The summed E-state index contributed by atoms with van der Waals surface area (Å²) >= 11 is 1.48. The lowest BCUT2D eigenvalue weighted by Gasteiger charge is -2.00. The minimum absolute atomic E-state index is 0.133. The van der Waals surface area contributed by atoms with Crippen molar-refractivity contribution in [2.45, 2.75) is 32.1 Å². The van der Waals surface area contributed by atoms with Crippen LogP contribution >= 0.6 is 11.3 Å². The Bertz CT molecular complexity index is 340. The van der Waals surface area contributed by atoms with Crippen LogP contribution in [0.5, 0.6) is 0 Å². The molecule has 0 radical (unpaired) electrons. The van der Waals surface area contributed by atoms with Crippen molar-refractivity contribution in [2.24, 2.45) is 0 Å². The summed E-state index contributed by atoms with van der Waals surface area (Å²) in [6.07, 6.45) is 7.66. The summed E-state index contributed by atoms with van der Waals surface area (Å²) < 4.78 is 0. The molecule has 0 saturated heterocycles. The van der Waals surface area contributed by atoms with E-state index >= 15 is 0 Å². The van der Waals surface area contributed by atoms with Gasteiger partial charge in [0.2, 0.25) is 5.78 Å². The van der Waals surface area contributed by atoms with Crippen LogP contribution in [0.2, 0.25) is 0 Å². The molecule has 0 fully saturated rings. The second kappa shape index (κ2) is 4.51. The van der Waals surface area contributed by atoms with Gasteiger partial charge < -0.3 is 0 Å². The van der Waals surface area contributed by atoms with E-state index < -0.39 is 0 Å². The van der Waals surface area contributed by atoms with Crippen molar-refractivity contribution in [3.63, 3.8) is 0 Å². The molecule has 0 spiro atoms. The fourth-order valence-corrected chi connectivity index (χ4v) is 2.24. The molecule has 1 aromatic rings. The molecule has 14 heavy (non-hydrogen) atoms. The molecular formula is C11H13NOS. The van der Waals surface area contributed by atoms with Crippen LogP contribution < -0.4 is 0 Å². The lowest BCUT2D eigenvalue weighted by Crippen LogP contribution is -2.03. The number of ketones is 1. The summed E-state index contributed by atoms with van der Waals surface area (Å²) in [5.41, 5.74) is 3.29. The zero-order chi connectivity index (χ0) is 9.80. The number of rotatable bonds is 2. The molecule has 1 aliphatic carbocycles. The fraction of sp³-hybridized carbons (Fsp3) is 0.455. The number of thiazole rings is 1. The topological polar surface area (TPSA) is 30.0 Å². The predicted octanol–water partition coefficient (Wildman–Crippen LogP) is 3.22. The standard InChI is InChI=1S/C11H13NOS/c13-11(10-7-14-8-12-10)9-5-3-1-2-4-6-9/h5,7-8H,1-4,6H2. The lowest BCUT2D eigenvalue weighted by atomic mass is 10.0. The molecule has 0 aliphatic heterocycles. The molecule has 2 rings (SSSR count). The first-order valence-electron chi connectivity index (χ1n) is 5.00. The van der Waals surface area contributed by atoms with Gasteiger partial charge in [0.05, 0.1) is 5.51 Å². The fourth-order valence-electron chi connectivity index (χ4n) is 1.71. The minimum atomic E-state index is 0.133. The zero-order valence-corrected chi connectivity index (χ0v) is 8.85. The van der Waals surface area contributed by atoms with Crippen LogP contribution in [0.1, 0.15) is 42.6 Å². The molecule has 1 aromatic heterocycles. The summed E-state index contributed by atoms with van der Waals surface area (Å²) in [5.74, 6) is 0.133. The number of aromatic nitrogens is 1. The largest absolute Gasteiger partial charge is 0.287 e. The Morgan fingerprint density at radius 1 is 1.36 bits per heavy atom. The van der Waals surface area contributed by atoms with Gasteiger partial charge in [0.1, 0.15) is 5.69 Å². The van der Waals surface area contributed by atoms with Crippen molar-refractivity contribution in [2.75, 3.05) is 0 Å². The Balaban J connectivity index is 2.14. The molecule has 0 unspecified atom stereocenters. The molecule has 0 N–H and O–H groups in total. The van der Waals surface area contributed by atoms with Crippen LogP contribution in [-0.2, 0) is 0 Å². The van der Waals surface area contributed by atoms with E-state index in [2.05, 4.69) is 11.1 Å². The summed E-state index contributed by atoms with van der Waals surface area (Å²) in [6.45, 7) is 0. The molecule has 0 amide bonds. The van der Waals surface area contributed by atoms with Crippen LogP contribution in [0, 0.1) is 0 Å². The summed E-state index contributed by atoms with van der Waals surface area (Å²) in [5, 5.41) is 1.83. The van der Waals surface area contributed by atoms with Gasteiger partial charge in [0, 0.05) is 5.38 Å². The average molecular weight is 207 g/mol. The molecule has 0 saturated carbocycles. The third-order valence-corrected chi connectivity index (χ3v) is 3.08. The van der Waals surface area contributed by atoms with Crippen molar-refractivity contribution in [3.8, 4) is 0 Å². The quantitative estimate of drug-likeness (QED) is 0.697. The van der Waals surface area contributed by atoms with Crippen molar-refractivity contribution < 1.29 is 4.79 Å². The van der Waals surface area contributed by atoms with Gasteiger partial charge >= 0.3 is 0 Å². The van der Waals surface area contributed by atoms with Gasteiger partial charge in [-0.15, -0.1) is 11.3 Å². The van der Waals surface area contributed by atoms with Gasteiger partial charge in [0.25, 0.3) is 0 Å². The van der Waals surface area contributed by atoms with E-state index in [1.807, 2.05) is 5.38 Å². The van der Waals surface area contributed by atoms with Gasteiger partial charge in [-0.05, 0) is 31.3 Å². The first-order chi connectivity index (χ1) is 6.88. The van der Waals surface area contributed by atoms with Gasteiger partial charge in [-0.2, -0.15) is 0 Å². The van der Waals surface area contributed by atoms with Crippen molar-refractivity contribution in [1.82, 2.24) is 4.98 Å². The number of Topliss-reactive ketones (excluding diaryl/α,β-unsaturated/α-hetero) is 1. The Kier molecular flexibility index (Phi) is 3.09. The summed E-state index contributed by atoms with van der Waals surface area (Å²) in [4.78, 5) is 15.9. The summed E-state index contributed by atoms with van der Waals surface area (Å²) in [7, 11) is 0. The van der Waals surface area contributed by atoms with Gasteiger partial charge in [-0.1, -0.05) is 12.5 Å². The molecule has 1 heterocycles. The highest BCUT2D eigenvalue weighted by molar-refractivity contribution is 7.07. The molecule has 0 bridgehead atoms. The zero-order valence-electron chi connectivity index (χ0n) is 8.03. The normalized spacial score (nSPS) is 17.3. The number of hydrogen-bond acceptors (Lipinski definition) is 3. The van der Waals surface area contributed by atoms with Crippen molar-refractivity contribution in [1.29, 1.82) is 0 Å². The average Bonchev–Trinajstić information content (AvgIpc) is 2.59. The Morgan fingerprint density at radius 3 is 3.07 bits per heavy atom. The number of allylic oxidation sites excluding steroid dienone is 2. The number of nitrogens with zero attached hydrogens (tertiary/aromatic N) is 1. The van der Waals surface area contributed by atoms with E-state index in [1.165, 1.54) is 24.2 Å². The lowest BCUT2D eigenvalue weighted by molar-refractivity contribution is 0.102. The van der Waals surface area contributed by atoms with Crippen LogP contribution in [-0.4, -0.2) is 10.8 Å². The molecule has 74 valence electrons. The molecule has 3 heteroatoms. The third kappa shape index (κ3) is 2.10. The van der Waals surface area contributed by atoms with E-state index in [4.69, 9.17) is 0 Å². The minimum Gasteiger partial charge on any atom is -0.287 e. The highest BCUT2D eigenvalue weighted by atomic mass is 32.1. The first kappa shape index (κ1) is 9.59. The van der Waals surface area contributed by atoms with E-state index in [0.717, 1.165) is 24.8 Å².